The molecule has 0 unspecified atom stereocenters. The molecule has 0 atom stereocenters. The Balaban J connectivity index is 3.21. The van der Waals surface area contributed by atoms with Crippen LogP contribution in [0.15, 0.2) is 24.3 Å². The summed E-state index contributed by atoms with van der Waals surface area (Å²) in [4.78, 5) is 10.8. The van der Waals surface area contributed by atoms with Crippen molar-refractivity contribution >= 4 is 23.1 Å². The molecule has 4 heteroatoms. The van der Waals surface area contributed by atoms with Crippen molar-refractivity contribution in [1.82, 2.24) is 0 Å². The third kappa shape index (κ3) is 3.49. The van der Waals surface area contributed by atoms with Gasteiger partial charge in [-0.3, -0.25) is 0 Å². The molecule has 17 heavy (non-hydrogen) atoms. The van der Waals surface area contributed by atoms with Gasteiger partial charge in [0.05, 0.1) is 12.1 Å². The highest BCUT2D eigenvalue weighted by Gasteiger charge is 2.11. The number of rotatable bonds is 4. The molecule has 0 fully saturated rings. The Hall–Kier alpha value is -1.48. The second kappa shape index (κ2) is 5.73. The third-order valence-corrected chi connectivity index (χ3v) is 2.68. The lowest BCUT2D eigenvalue weighted by Gasteiger charge is -2.12. The normalized spacial score (nSPS) is 11.7. The summed E-state index contributed by atoms with van der Waals surface area (Å²) < 4.78 is 5.05. The fraction of sp³-hybridized carbons (Fsp3) is 0.308. The van der Waals surface area contributed by atoms with Gasteiger partial charge in [-0.1, -0.05) is 31.5 Å². The lowest BCUT2D eigenvalue weighted by molar-refractivity contribution is -0.131. The third-order valence-electron chi connectivity index (χ3n) is 2.39. The van der Waals surface area contributed by atoms with Crippen molar-refractivity contribution in [2.75, 3.05) is 7.11 Å². The van der Waals surface area contributed by atoms with E-state index in [2.05, 4.69) is 0 Å². The van der Waals surface area contributed by atoms with Crippen LogP contribution in [0.2, 0.25) is 5.02 Å². The van der Waals surface area contributed by atoms with E-state index in [9.17, 15) is 4.79 Å². The number of allylic oxidation sites excluding steroid dienone is 1. The van der Waals surface area contributed by atoms with Crippen LogP contribution in [0.4, 0.5) is 0 Å². The zero-order valence-electron chi connectivity index (χ0n) is 10.0. The van der Waals surface area contributed by atoms with E-state index in [4.69, 9.17) is 21.4 Å². The summed E-state index contributed by atoms with van der Waals surface area (Å²) in [6.07, 6.45) is 1.21. The van der Waals surface area contributed by atoms with Crippen LogP contribution in [0, 0.1) is 5.92 Å². The number of hydrogen-bond acceptors (Lipinski definition) is 2. The second-order valence-corrected chi connectivity index (χ2v) is 4.35. The van der Waals surface area contributed by atoms with Gasteiger partial charge in [-0.15, -0.1) is 0 Å². The monoisotopic (exact) mass is 254 g/mol. The van der Waals surface area contributed by atoms with Gasteiger partial charge in [-0.2, -0.15) is 0 Å². The SMILES string of the molecule is COc1ccc(/C(=C/C(=O)O)C(C)C)cc1Cl. The molecule has 0 aliphatic rings. The van der Waals surface area contributed by atoms with Gasteiger partial charge in [0, 0.05) is 6.08 Å². The van der Waals surface area contributed by atoms with E-state index < -0.39 is 5.97 Å². The zero-order chi connectivity index (χ0) is 13.0. The minimum Gasteiger partial charge on any atom is -0.495 e. The number of carboxylic acids is 1. The molecule has 1 aromatic rings. The Labute approximate surface area is 106 Å². The topological polar surface area (TPSA) is 46.5 Å². The first kappa shape index (κ1) is 13.6. The van der Waals surface area contributed by atoms with Crippen molar-refractivity contribution in [2.24, 2.45) is 5.92 Å². The molecule has 0 radical (unpaired) electrons. The Morgan fingerprint density at radius 2 is 2.12 bits per heavy atom. The maximum absolute atomic E-state index is 10.8. The van der Waals surface area contributed by atoms with Gasteiger partial charge in [0.25, 0.3) is 0 Å². The van der Waals surface area contributed by atoms with E-state index in [0.717, 1.165) is 11.1 Å². The highest BCUT2D eigenvalue weighted by atomic mass is 35.5. The number of hydrogen-bond donors (Lipinski definition) is 1. The number of benzene rings is 1. The minimum absolute atomic E-state index is 0.107. The summed E-state index contributed by atoms with van der Waals surface area (Å²) in [6, 6.07) is 5.25. The molecule has 0 aliphatic carbocycles. The lowest BCUT2D eigenvalue weighted by atomic mass is 9.95. The summed E-state index contributed by atoms with van der Waals surface area (Å²) in [7, 11) is 1.54. The summed E-state index contributed by atoms with van der Waals surface area (Å²) in [5.41, 5.74) is 1.54. The predicted molar refractivity (Wildman–Crippen MR) is 68.5 cm³/mol. The summed E-state index contributed by atoms with van der Waals surface area (Å²) >= 11 is 6.02. The van der Waals surface area contributed by atoms with E-state index >= 15 is 0 Å². The molecule has 0 aromatic heterocycles. The molecule has 0 bridgehead atoms. The first-order chi connectivity index (χ1) is 7.95. The molecule has 0 heterocycles. The lowest BCUT2D eigenvalue weighted by Crippen LogP contribution is -1.99. The average molecular weight is 255 g/mol. The molecule has 0 saturated carbocycles. The Morgan fingerprint density at radius 3 is 2.53 bits per heavy atom. The maximum Gasteiger partial charge on any atom is 0.328 e. The van der Waals surface area contributed by atoms with Crippen molar-refractivity contribution in [1.29, 1.82) is 0 Å². The molecule has 92 valence electrons. The van der Waals surface area contributed by atoms with Crippen LogP contribution >= 0.6 is 11.6 Å². The Bertz CT molecular complexity index is 450. The molecule has 0 amide bonds. The van der Waals surface area contributed by atoms with Crippen LogP contribution in [0.5, 0.6) is 5.75 Å². The Morgan fingerprint density at radius 1 is 1.47 bits per heavy atom. The van der Waals surface area contributed by atoms with Crippen LogP contribution in [0.3, 0.4) is 0 Å². The smallest absolute Gasteiger partial charge is 0.328 e. The van der Waals surface area contributed by atoms with Gasteiger partial charge in [-0.25, -0.2) is 4.79 Å². The first-order valence-corrected chi connectivity index (χ1v) is 5.62. The predicted octanol–water partition coefficient (Wildman–Crippen LogP) is 3.47. The number of aliphatic carboxylic acids is 1. The maximum atomic E-state index is 10.8. The van der Waals surface area contributed by atoms with Crippen LogP contribution in [-0.2, 0) is 4.79 Å². The molecule has 0 aliphatic heterocycles. The number of carboxylic acid groups (broad SMARTS) is 1. The molecule has 0 saturated heterocycles. The van der Waals surface area contributed by atoms with E-state index in [1.54, 1.807) is 18.2 Å². The van der Waals surface area contributed by atoms with Gasteiger partial charge in [0.2, 0.25) is 0 Å². The fourth-order valence-electron chi connectivity index (χ4n) is 1.56. The van der Waals surface area contributed by atoms with Crippen molar-refractivity contribution in [3.8, 4) is 5.75 Å². The Kier molecular flexibility index (Phi) is 4.58. The number of methoxy groups -OCH3 is 1. The summed E-state index contributed by atoms with van der Waals surface area (Å²) in [5.74, 6) is -0.273. The number of ether oxygens (including phenoxy) is 1. The largest absolute Gasteiger partial charge is 0.495 e. The van der Waals surface area contributed by atoms with Crippen LogP contribution in [0.25, 0.3) is 5.57 Å². The second-order valence-electron chi connectivity index (χ2n) is 3.94. The standard InChI is InChI=1S/C13H15ClO3/c1-8(2)10(7-13(15)16)9-4-5-12(17-3)11(14)6-9/h4-8H,1-3H3,(H,15,16)/b10-7+. The van der Waals surface area contributed by atoms with E-state index in [0.29, 0.717) is 10.8 Å². The van der Waals surface area contributed by atoms with Crippen molar-refractivity contribution in [3.05, 3.63) is 34.9 Å². The van der Waals surface area contributed by atoms with Gasteiger partial charge in [0.1, 0.15) is 5.75 Å². The average Bonchev–Trinajstić information content (AvgIpc) is 2.25. The number of halogens is 1. The van der Waals surface area contributed by atoms with E-state index in [1.165, 1.54) is 13.2 Å². The van der Waals surface area contributed by atoms with E-state index in [-0.39, 0.29) is 5.92 Å². The molecule has 0 spiro atoms. The molecule has 1 rings (SSSR count). The first-order valence-electron chi connectivity index (χ1n) is 5.24. The van der Waals surface area contributed by atoms with Crippen molar-refractivity contribution < 1.29 is 14.6 Å². The molecular weight excluding hydrogens is 240 g/mol. The summed E-state index contributed by atoms with van der Waals surface area (Å²) in [6.45, 7) is 3.87. The van der Waals surface area contributed by atoms with Gasteiger partial charge in [0.15, 0.2) is 0 Å². The number of carbonyl (C=O) groups is 1. The molecule has 3 nitrogen and oxygen atoms in total. The van der Waals surface area contributed by atoms with Gasteiger partial charge < -0.3 is 9.84 Å². The minimum atomic E-state index is -0.958. The molecular formula is C13H15ClO3. The van der Waals surface area contributed by atoms with Crippen LogP contribution in [0.1, 0.15) is 19.4 Å². The van der Waals surface area contributed by atoms with Crippen LogP contribution in [-0.4, -0.2) is 18.2 Å². The van der Waals surface area contributed by atoms with Gasteiger partial charge in [-0.05, 0) is 29.2 Å². The quantitative estimate of drug-likeness (QED) is 0.837. The van der Waals surface area contributed by atoms with Crippen molar-refractivity contribution in [2.45, 2.75) is 13.8 Å². The van der Waals surface area contributed by atoms with Crippen molar-refractivity contribution in [3.63, 3.8) is 0 Å². The highest BCUT2D eigenvalue weighted by molar-refractivity contribution is 6.32. The molecule has 1 N–H and O–H groups in total. The fourth-order valence-corrected chi connectivity index (χ4v) is 1.82. The van der Waals surface area contributed by atoms with Gasteiger partial charge >= 0.3 is 5.97 Å². The summed E-state index contributed by atoms with van der Waals surface area (Å²) in [5, 5.41) is 9.30. The highest BCUT2D eigenvalue weighted by Crippen LogP contribution is 2.30. The van der Waals surface area contributed by atoms with E-state index in [1.807, 2.05) is 13.8 Å². The molecule has 1 aromatic carbocycles. The van der Waals surface area contributed by atoms with Crippen LogP contribution < -0.4 is 4.74 Å². The zero-order valence-corrected chi connectivity index (χ0v) is 10.8.